The zero-order valence-electron chi connectivity index (χ0n) is 12.3. The topological polar surface area (TPSA) is 116 Å². The van der Waals surface area contributed by atoms with Gasteiger partial charge in [0.05, 0.1) is 11.5 Å². The van der Waals surface area contributed by atoms with E-state index in [0.717, 1.165) is 12.1 Å². The van der Waals surface area contributed by atoms with E-state index in [-0.39, 0.29) is 22.7 Å². The molecule has 2 aromatic carbocycles. The highest BCUT2D eigenvalue weighted by Gasteiger charge is 2.36. The number of ether oxygens (including phenoxy) is 1. The molecule has 0 atom stereocenters. The van der Waals surface area contributed by atoms with Crippen LogP contribution in [-0.4, -0.2) is 23.7 Å². The first-order valence-corrected chi connectivity index (χ1v) is 8.47. The average Bonchev–Trinajstić information content (AvgIpc) is 2.55. The molecule has 0 aromatic heterocycles. The minimum absolute atomic E-state index is 0.0496. The molecule has 0 bridgehead atoms. The van der Waals surface area contributed by atoms with Crippen molar-refractivity contribution >= 4 is 33.7 Å². The van der Waals surface area contributed by atoms with Gasteiger partial charge in [0.2, 0.25) is 0 Å². The van der Waals surface area contributed by atoms with Gasteiger partial charge in [-0.05, 0) is 30.3 Å². The van der Waals surface area contributed by atoms with Crippen LogP contribution in [-0.2, 0) is 16.8 Å². The molecule has 0 spiro atoms. The maximum atomic E-state index is 12.3. The fourth-order valence-electron chi connectivity index (χ4n) is 2.09. The largest absolute Gasteiger partial charge is 0.431 e. The number of amides is 1. The summed E-state index contributed by atoms with van der Waals surface area (Å²) in [6, 6.07) is 8.98. The molecule has 2 aromatic rings. The summed E-state index contributed by atoms with van der Waals surface area (Å²) < 4.78 is 34.7. The van der Waals surface area contributed by atoms with E-state index < -0.39 is 27.9 Å². The first kappa shape index (κ1) is 17.0. The van der Waals surface area contributed by atoms with E-state index in [2.05, 4.69) is 0 Å². The highest BCUT2D eigenvalue weighted by molar-refractivity contribution is 7.85. The molecule has 130 valence electrons. The van der Waals surface area contributed by atoms with Crippen LogP contribution in [0.3, 0.4) is 0 Å². The quantitative estimate of drug-likeness (QED) is 0.587. The molecule has 0 unspecified atom stereocenters. The lowest BCUT2D eigenvalue weighted by Crippen LogP contribution is -2.43. The molecule has 25 heavy (non-hydrogen) atoms. The molecule has 3 rings (SSSR count). The van der Waals surface area contributed by atoms with Gasteiger partial charge in [0.15, 0.2) is 0 Å². The Kier molecular flexibility index (Phi) is 4.23. The minimum atomic E-state index is -4.53. The Morgan fingerprint density at radius 3 is 2.52 bits per heavy atom. The number of nitro benzene ring substituents is 1. The van der Waals surface area contributed by atoms with E-state index >= 15 is 0 Å². The molecular weight excluding hydrogens is 376 g/mol. The maximum Gasteiger partial charge on any atom is 0.431 e. The molecular formula is C14H9ClN2O7S. The SMILES string of the molecule is O=C1Oc2ccc([N+](=O)[O-])cc2CN1S(=O)(=O)Oc1ccc(Cl)cc1. The standard InChI is InChI=1S/C14H9ClN2O7S/c15-10-1-4-12(5-2-10)24-25(21,22)16-8-9-7-11(17(19)20)3-6-13(9)23-14(16)18/h1-7H,8H2. The third-order valence-corrected chi connectivity index (χ3v) is 4.73. The maximum absolute atomic E-state index is 12.3. The Morgan fingerprint density at radius 2 is 1.88 bits per heavy atom. The second kappa shape index (κ2) is 6.22. The van der Waals surface area contributed by atoms with Crippen molar-refractivity contribution in [3.05, 3.63) is 63.2 Å². The number of halogens is 1. The fraction of sp³-hybridized carbons (Fsp3) is 0.0714. The number of carbonyl (C=O) groups is 1. The lowest BCUT2D eigenvalue weighted by atomic mass is 10.1. The molecule has 1 heterocycles. The van der Waals surface area contributed by atoms with Crippen LogP contribution in [0.5, 0.6) is 11.5 Å². The van der Waals surface area contributed by atoms with Crippen LogP contribution in [0.15, 0.2) is 42.5 Å². The summed E-state index contributed by atoms with van der Waals surface area (Å²) in [7, 11) is -4.53. The van der Waals surface area contributed by atoms with Gasteiger partial charge in [-0.1, -0.05) is 11.6 Å². The first-order valence-electron chi connectivity index (χ1n) is 6.73. The lowest BCUT2D eigenvalue weighted by molar-refractivity contribution is -0.385. The summed E-state index contributed by atoms with van der Waals surface area (Å²) in [5, 5.41) is 11.2. The molecule has 0 aliphatic carbocycles. The molecule has 0 saturated carbocycles. The van der Waals surface area contributed by atoms with Gasteiger partial charge in [0.25, 0.3) is 5.69 Å². The second-order valence-electron chi connectivity index (χ2n) is 4.92. The smallest absolute Gasteiger partial charge is 0.409 e. The van der Waals surface area contributed by atoms with Crippen molar-refractivity contribution in [2.75, 3.05) is 0 Å². The highest BCUT2D eigenvalue weighted by atomic mass is 35.5. The number of carbonyl (C=O) groups excluding carboxylic acids is 1. The zero-order valence-corrected chi connectivity index (χ0v) is 13.9. The third-order valence-electron chi connectivity index (χ3n) is 3.25. The Labute approximate surface area is 146 Å². The highest BCUT2D eigenvalue weighted by Crippen LogP contribution is 2.31. The predicted molar refractivity (Wildman–Crippen MR) is 85.7 cm³/mol. The van der Waals surface area contributed by atoms with E-state index in [4.69, 9.17) is 20.5 Å². The number of rotatable bonds is 4. The van der Waals surface area contributed by atoms with Crippen molar-refractivity contribution in [2.24, 2.45) is 0 Å². The molecule has 0 fully saturated rings. The third kappa shape index (κ3) is 3.49. The summed E-state index contributed by atoms with van der Waals surface area (Å²) in [6.45, 7) is -0.453. The van der Waals surface area contributed by atoms with Gasteiger partial charge >= 0.3 is 16.4 Å². The molecule has 9 nitrogen and oxygen atoms in total. The van der Waals surface area contributed by atoms with Gasteiger partial charge in [-0.25, -0.2) is 4.79 Å². The van der Waals surface area contributed by atoms with E-state index in [0.29, 0.717) is 9.33 Å². The zero-order chi connectivity index (χ0) is 18.2. The summed E-state index contributed by atoms with van der Waals surface area (Å²) in [5.41, 5.74) is -0.0928. The summed E-state index contributed by atoms with van der Waals surface area (Å²) >= 11 is 5.71. The van der Waals surface area contributed by atoms with Crippen LogP contribution in [0.25, 0.3) is 0 Å². The van der Waals surface area contributed by atoms with Crippen molar-refractivity contribution in [3.8, 4) is 11.5 Å². The van der Waals surface area contributed by atoms with E-state index in [1.807, 2.05) is 0 Å². The number of fused-ring (bicyclic) bond motifs is 1. The number of hydrogen-bond donors (Lipinski definition) is 0. The monoisotopic (exact) mass is 384 g/mol. The minimum Gasteiger partial charge on any atom is -0.409 e. The van der Waals surface area contributed by atoms with Crippen LogP contribution in [0.2, 0.25) is 5.02 Å². The normalized spacial score (nSPS) is 13.8. The van der Waals surface area contributed by atoms with E-state index in [9.17, 15) is 23.3 Å². The molecule has 1 aliphatic rings. The van der Waals surface area contributed by atoms with Gasteiger partial charge in [-0.3, -0.25) is 10.1 Å². The van der Waals surface area contributed by atoms with Crippen molar-refractivity contribution in [1.82, 2.24) is 4.31 Å². The van der Waals surface area contributed by atoms with Gasteiger partial charge < -0.3 is 8.92 Å². The van der Waals surface area contributed by atoms with Gasteiger partial charge in [0.1, 0.15) is 11.5 Å². The number of nitrogens with zero attached hydrogens (tertiary/aromatic N) is 2. The predicted octanol–water partition coefficient (Wildman–Crippen LogP) is 2.89. The number of nitro groups is 1. The molecule has 0 radical (unpaired) electrons. The first-order chi connectivity index (χ1) is 11.8. The Balaban J connectivity index is 1.89. The van der Waals surface area contributed by atoms with Gasteiger partial charge in [0, 0.05) is 22.7 Å². The average molecular weight is 385 g/mol. The van der Waals surface area contributed by atoms with Crippen LogP contribution in [0.4, 0.5) is 10.5 Å². The second-order valence-corrected chi connectivity index (χ2v) is 6.82. The molecule has 0 saturated heterocycles. The molecule has 0 N–H and O–H groups in total. The molecule has 1 amide bonds. The Morgan fingerprint density at radius 1 is 1.20 bits per heavy atom. The van der Waals surface area contributed by atoms with Crippen LogP contribution in [0.1, 0.15) is 5.56 Å². The number of non-ortho nitro benzene ring substituents is 1. The fourth-order valence-corrected chi connectivity index (χ4v) is 3.18. The van der Waals surface area contributed by atoms with Crippen molar-refractivity contribution in [3.63, 3.8) is 0 Å². The Hall–Kier alpha value is -2.85. The number of hydrogen-bond acceptors (Lipinski definition) is 7. The summed E-state index contributed by atoms with van der Waals surface area (Å²) in [6.07, 6.45) is -1.17. The summed E-state index contributed by atoms with van der Waals surface area (Å²) in [5.74, 6) is -0.00409. The van der Waals surface area contributed by atoms with Crippen LogP contribution in [0, 0.1) is 10.1 Å². The molecule has 11 heteroatoms. The number of benzene rings is 2. The van der Waals surface area contributed by atoms with E-state index in [1.165, 1.54) is 30.3 Å². The van der Waals surface area contributed by atoms with Crippen LogP contribution >= 0.6 is 11.6 Å². The van der Waals surface area contributed by atoms with Crippen molar-refractivity contribution in [1.29, 1.82) is 0 Å². The van der Waals surface area contributed by atoms with Crippen molar-refractivity contribution < 1.29 is 27.1 Å². The van der Waals surface area contributed by atoms with Gasteiger partial charge in [-0.15, -0.1) is 0 Å². The molecule has 1 aliphatic heterocycles. The summed E-state index contributed by atoms with van der Waals surface area (Å²) in [4.78, 5) is 22.1. The van der Waals surface area contributed by atoms with Crippen molar-refractivity contribution in [2.45, 2.75) is 6.54 Å². The van der Waals surface area contributed by atoms with E-state index in [1.54, 1.807) is 0 Å². The Bertz CT molecular complexity index is 960. The van der Waals surface area contributed by atoms with Gasteiger partial charge in [-0.2, -0.15) is 12.7 Å². The van der Waals surface area contributed by atoms with Crippen LogP contribution < -0.4 is 8.92 Å². The lowest BCUT2D eigenvalue weighted by Gasteiger charge is -2.26.